The second kappa shape index (κ2) is 8.28. The third-order valence-corrected chi connectivity index (χ3v) is 3.95. The average Bonchev–Trinajstić information content (AvgIpc) is 3.17. The van der Waals surface area contributed by atoms with Crippen LogP contribution in [0.25, 0.3) is 11.5 Å². The van der Waals surface area contributed by atoms with Crippen LogP contribution in [0.15, 0.2) is 34.9 Å². The van der Waals surface area contributed by atoms with Gasteiger partial charge < -0.3 is 20.2 Å². The van der Waals surface area contributed by atoms with E-state index in [1.165, 1.54) is 5.56 Å². The summed E-state index contributed by atoms with van der Waals surface area (Å²) < 4.78 is 5.49. The Hall–Kier alpha value is -1.89. The number of halogens is 1. The van der Waals surface area contributed by atoms with Crippen molar-refractivity contribution in [2.75, 3.05) is 13.1 Å². The number of carbonyl (C=O) groups is 1. The van der Waals surface area contributed by atoms with E-state index in [2.05, 4.69) is 15.6 Å². The van der Waals surface area contributed by atoms with E-state index in [0.717, 1.165) is 11.3 Å². The van der Waals surface area contributed by atoms with Gasteiger partial charge in [-0.05, 0) is 25.5 Å². The molecule has 2 aromatic rings. The highest BCUT2D eigenvalue weighted by Gasteiger charge is 2.27. The number of carbonyl (C=O) groups excluding carboxylic acids is 1. The van der Waals surface area contributed by atoms with Crippen LogP contribution in [-0.2, 0) is 11.2 Å². The van der Waals surface area contributed by atoms with E-state index in [0.29, 0.717) is 31.8 Å². The SMILES string of the molecule is Cc1ccc(-c2nc(CCNC(=O)C3CC(O)CN3)co2)cc1.Cl. The summed E-state index contributed by atoms with van der Waals surface area (Å²) in [6, 6.07) is 7.68. The Morgan fingerprint density at radius 3 is 2.83 bits per heavy atom. The molecule has 2 atom stereocenters. The molecule has 1 fully saturated rings. The summed E-state index contributed by atoms with van der Waals surface area (Å²) in [7, 11) is 0. The number of amides is 1. The number of aryl methyl sites for hydroxylation is 1. The molecule has 1 aromatic carbocycles. The summed E-state index contributed by atoms with van der Waals surface area (Å²) in [5.41, 5.74) is 2.93. The summed E-state index contributed by atoms with van der Waals surface area (Å²) in [5.74, 6) is 0.510. The molecule has 3 rings (SSSR count). The fraction of sp³-hybridized carbons (Fsp3) is 0.412. The standard InChI is InChI=1S/C17H21N3O3.ClH/c1-11-2-4-12(5-3-11)17-20-13(10-23-17)6-7-18-16(22)15-8-14(21)9-19-15;/h2-5,10,14-15,19,21H,6-9H2,1H3,(H,18,22);1H. The largest absolute Gasteiger partial charge is 0.444 e. The lowest BCUT2D eigenvalue weighted by molar-refractivity contribution is -0.122. The van der Waals surface area contributed by atoms with Crippen LogP contribution in [0.1, 0.15) is 17.7 Å². The summed E-state index contributed by atoms with van der Waals surface area (Å²) in [6.45, 7) is 3.00. The topological polar surface area (TPSA) is 87.4 Å². The highest BCUT2D eigenvalue weighted by atomic mass is 35.5. The second-order valence-corrected chi connectivity index (χ2v) is 5.90. The van der Waals surface area contributed by atoms with E-state index >= 15 is 0 Å². The number of rotatable bonds is 5. The molecular weight excluding hydrogens is 330 g/mol. The van der Waals surface area contributed by atoms with Crippen LogP contribution >= 0.6 is 12.4 Å². The van der Waals surface area contributed by atoms with Crippen molar-refractivity contribution in [3.8, 4) is 11.5 Å². The number of hydrogen-bond acceptors (Lipinski definition) is 5. The lowest BCUT2D eigenvalue weighted by Gasteiger charge is -2.10. The molecule has 3 N–H and O–H groups in total. The van der Waals surface area contributed by atoms with Gasteiger partial charge >= 0.3 is 0 Å². The zero-order valence-electron chi connectivity index (χ0n) is 13.5. The van der Waals surface area contributed by atoms with Crippen LogP contribution in [0.5, 0.6) is 0 Å². The number of aliphatic hydroxyl groups is 1. The maximum absolute atomic E-state index is 11.9. The molecule has 1 aromatic heterocycles. The Kier molecular flexibility index (Phi) is 6.36. The maximum atomic E-state index is 11.9. The van der Waals surface area contributed by atoms with Gasteiger partial charge in [-0.2, -0.15) is 0 Å². The first-order valence-electron chi connectivity index (χ1n) is 7.82. The van der Waals surface area contributed by atoms with Crippen molar-refractivity contribution in [3.05, 3.63) is 41.8 Å². The number of nitrogens with zero attached hydrogens (tertiary/aromatic N) is 1. The van der Waals surface area contributed by atoms with Crippen molar-refractivity contribution < 1.29 is 14.3 Å². The number of hydrogen-bond donors (Lipinski definition) is 3. The first-order chi connectivity index (χ1) is 11.1. The quantitative estimate of drug-likeness (QED) is 0.759. The van der Waals surface area contributed by atoms with E-state index in [1.807, 2.05) is 31.2 Å². The third kappa shape index (κ3) is 4.56. The fourth-order valence-corrected chi connectivity index (χ4v) is 2.60. The van der Waals surface area contributed by atoms with Gasteiger partial charge in [0.15, 0.2) is 0 Å². The zero-order valence-corrected chi connectivity index (χ0v) is 14.3. The fourth-order valence-electron chi connectivity index (χ4n) is 2.60. The Balaban J connectivity index is 0.00000208. The van der Waals surface area contributed by atoms with E-state index in [1.54, 1.807) is 6.26 Å². The van der Waals surface area contributed by atoms with Gasteiger partial charge in [-0.3, -0.25) is 4.79 Å². The molecule has 1 saturated heterocycles. The minimum absolute atomic E-state index is 0. The van der Waals surface area contributed by atoms with Crippen molar-refractivity contribution in [2.45, 2.75) is 31.9 Å². The summed E-state index contributed by atoms with van der Waals surface area (Å²) >= 11 is 0. The van der Waals surface area contributed by atoms with E-state index in [-0.39, 0.29) is 24.4 Å². The molecule has 0 bridgehead atoms. The van der Waals surface area contributed by atoms with Crippen LogP contribution in [-0.4, -0.2) is 41.2 Å². The molecule has 0 saturated carbocycles. The number of nitrogens with one attached hydrogen (secondary N) is 2. The molecule has 1 aliphatic rings. The van der Waals surface area contributed by atoms with Crippen molar-refractivity contribution >= 4 is 18.3 Å². The molecule has 1 amide bonds. The molecule has 0 radical (unpaired) electrons. The zero-order chi connectivity index (χ0) is 16.2. The number of benzene rings is 1. The number of oxazole rings is 1. The van der Waals surface area contributed by atoms with Gasteiger partial charge in [-0.25, -0.2) is 4.98 Å². The van der Waals surface area contributed by atoms with E-state index in [4.69, 9.17) is 4.42 Å². The Morgan fingerprint density at radius 1 is 1.42 bits per heavy atom. The average molecular weight is 352 g/mol. The number of β-amino-alcohol motifs (C(OH)–C–C–N with tert-alkyl or cyclic N) is 1. The number of aromatic nitrogens is 1. The molecule has 7 heteroatoms. The molecule has 2 unspecified atom stereocenters. The van der Waals surface area contributed by atoms with Crippen LogP contribution in [0.4, 0.5) is 0 Å². The molecule has 24 heavy (non-hydrogen) atoms. The normalized spacial score (nSPS) is 19.8. The minimum Gasteiger partial charge on any atom is -0.444 e. The van der Waals surface area contributed by atoms with Crippen LogP contribution in [0.2, 0.25) is 0 Å². The third-order valence-electron chi connectivity index (χ3n) is 3.95. The summed E-state index contributed by atoms with van der Waals surface area (Å²) in [4.78, 5) is 16.4. The molecule has 1 aliphatic heterocycles. The lowest BCUT2D eigenvalue weighted by Crippen LogP contribution is -2.41. The maximum Gasteiger partial charge on any atom is 0.237 e. The molecule has 6 nitrogen and oxygen atoms in total. The molecule has 2 heterocycles. The van der Waals surface area contributed by atoms with Crippen molar-refractivity contribution in [2.24, 2.45) is 0 Å². The first-order valence-corrected chi connectivity index (χ1v) is 7.82. The lowest BCUT2D eigenvalue weighted by atomic mass is 10.1. The predicted molar refractivity (Wildman–Crippen MR) is 93.1 cm³/mol. The minimum atomic E-state index is -0.432. The van der Waals surface area contributed by atoms with Gasteiger partial charge in [0, 0.05) is 25.1 Å². The summed E-state index contributed by atoms with van der Waals surface area (Å²) in [5, 5.41) is 15.3. The van der Waals surface area contributed by atoms with Crippen molar-refractivity contribution in [3.63, 3.8) is 0 Å². The van der Waals surface area contributed by atoms with Gasteiger partial charge in [0.05, 0.1) is 17.8 Å². The predicted octanol–water partition coefficient (Wildman–Crippen LogP) is 1.45. The Labute approximate surface area is 147 Å². The summed E-state index contributed by atoms with van der Waals surface area (Å²) in [6.07, 6.45) is 2.27. The van der Waals surface area contributed by atoms with Gasteiger partial charge in [-0.15, -0.1) is 12.4 Å². The van der Waals surface area contributed by atoms with Gasteiger partial charge in [0.1, 0.15) is 6.26 Å². The van der Waals surface area contributed by atoms with Gasteiger partial charge in [0.2, 0.25) is 11.8 Å². The molecule has 130 valence electrons. The first kappa shape index (κ1) is 18.4. The van der Waals surface area contributed by atoms with Crippen LogP contribution in [0.3, 0.4) is 0 Å². The van der Waals surface area contributed by atoms with Crippen LogP contribution in [0, 0.1) is 6.92 Å². The van der Waals surface area contributed by atoms with E-state index < -0.39 is 6.10 Å². The monoisotopic (exact) mass is 351 g/mol. The van der Waals surface area contributed by atoms with Gasteiger partial charge in [0.25, 0.3) is 0 Å². The molecule has 0 spiro atoms. The smallest absolute Gasteiger partial charge is 0.237 e. The van der Waals surface area contributed by atoms with Crippen molar-refractivity contribution in [1.29, 1.82) is 0 Å². The Morgan fingerprint density at radius 2 is 2.17 bits per heavy atom. The molecule has 0 aliphatic carbocycles. The van der Waals surface area contributed by atoms with Crippen molar-refractivity contribution in [1.82, 2.24) is 15.6 Å². The van der Waals surface area contributed by atoms with Crippen LogP contribution < -0.4 is 10.6 Å². The highest BCUT2D eigenvalue weighted by Crippen LogP contribution is 2.19. The number of aliphatic hydroxyl groups excluding tert-OH is 1. The highest BCUT2D eigenvalue weighted by molar-refractivity contribution is 5.85. The van der Waals surface area contributed by atoms with E-state index in [9.17, 15) is 9.90 Å². The second-order valence-electron chi connectivity index (χ2n) is 5.90. The molecular formula is C17H22ClN3O3. The van der Waals surface area contributed by atoms with Gasteiger partial charge in [-0.1, -0.05) is 17.7 Å². The Bertz CT molecular complexity index is 672.